The maximum absolute atomic E-state index is 12.1. The zero-order chi connectivity index (χ0) is 18.5. The molecule has 6 heteroatoms. The van der Waals surface area contributed by atoms with Gasteiger partial charge in [0.15, 0.2) is 0 Å². The molecule has 6 nitrogen and oxygen atoms in total. The first-order chi connectivity index (χ1) is 12.5. The van der Waals surface area contributed by atoms with Crippen LogP contribution in [0.3, 0.4) is 0 Å². The molecule has 0 bridgehead atoms. The van der Waals surface area contributed by atoms with Crippen LogP contribution in [0.15, 0.2) is 54.6 Å². The predicted octanol–water partition coefficient (Wildman–Crippen LogP) is 1.54. The Labute approximate surface area is 151 Å². The molecule has 1 atom stereocenters. The van der Waals surface area contributed by atoms with Gasteiger partial charge in [-0.1, -0.05) is 42.5 Å². The lowest BCUT2D eigenvalue weighted by Crippen LogP contribution is -2.35. The second kappa shape index (κ2) is 7.82. The minimum atomic E-state index is -0.916. The van der Waals surface area contributed by atoms with Crippen molar-refractivity contribution < 1.29 is 19.1 Å². The normalized spacial score (nSPS) is 16.7. The molecular formula is C20H20N2O4. The van der Waals surface area contributed by atoms with E-state index in [0.717, 1.165) is 16.9 Å². The Balaban J connectivity index is 1.49. The number of hydrogen-bond acceptors (Lipinski definition) is 4. The highest BCUT2D eigenvalue weighted by atomic mass is 16.5. The fourth-order valence-corrected chi connectivity index (χ4v) is 2.74. The number of carbonyl (C=O) groups excluding carboxylic acids is 3. The van der Waals surface area contributed by atoms with E-state index in [1.807, 2.05) is 54.6 Å². The van der Waals surface area contributed by atoms with E-state index >= 15 is 0 Å². The van der Waals surface area contributed by atoms with E-state index in [-0.39, 0.29) is 6.54 Å². The standard InChI is InChI=1S/C20H20N2O4/c1-22-12-17(18(23)20(22)25)19(24)21-11-14-7-9-16(10-8-14)26-13-15-5-3-2-4-6-15/h2-10,17H,11-13H2,1H3,(H,21,24). The molecule has 2 aromatic rings. The van der Waals surface area contributed by atoms with Gasteiger partial charge in [-0.3, -0.25) is 14.4 Å². The van der Waals surface area contributed by atoms with Gasteiger partial charge < -0.3 is 15.0 Å². The third kappa shape index (κ3) is 4.08. The minimum absolute atomic E-state index is 0.135. The molecule has 0 aromatic heterocycles. The minimum Gasteiger partial charge on any atom is -0.489 e. The van der Waals surface area contributed by atoms with Crippen LogP contribution in [-0.2, 0) is 27.5 Å². The lowest BCUT2D eigenvalue weighted by atomic mass is 10.1. The number of nitrogens with zero attached hydrogens (tertiary/aromatic N) is 1. The Morgan fingerprint density at radius 2 is 1.77 bits per heavy atom. The van der Waals surface area contributed by atoms with Crippen molar-refractivity contribution >= 4 is 17.6 Å². The number of likely N-dealkylation sites (tertiary alicyclic amines) is 1. The first-order valence-corrected chi connectivity index (χ1v) is 8.37. The molecule has 1 heterocycles. The number of ketones is 1. The number of amides is 2. The Kier molecular flexibility index (Phi) is 5.31. The number of likely N-dealkylation sites (N-methyl/N-ethyl adjacent to an activating group) is 1. The van der Waals surface area contributed by atoms with Gasteiger partial charge >= 0.3 is 0 Å². The van der Waals surface area contributed by atoms with Crippen LogP contribution in [0.5, 0.6) is 5.75 Å². The summed E-state index contributed by atoms with van der Waals surface area (Å²) in [5.41, 5.74) is 1.97. The van der Waals surface area contributed by atoms with Crippen LogP contribution in [0.4, 0.5) is 0 Å². The second-order valence-corrected chi connectivity index (χ2v) is 6.24. The molecular weight excluding hydrogens is 332 g/mol. The lowest BCUT2D eigenvalue weighted by Gasteiger charge is -2.11. The largest absolute Gasteiger partial charge is 0.489 e. The number of benzene rings is 2. The number of nitrogens with one attached hydrogen (secondary N) is 1. The zero-order valence-corrected chi connectivity index (χ0v) is 14.5. The van der Waals surface area contributed by atoms with E-state index in [1.165, 1.54) is 11.9 Å². The average Bonchev–Trinajstić information content (AvgIpc) is 2.93. The average molecular weight is 352 g/mol. The Morgan fingerprint density at radius 1 is 1.08 bits per heavy atom. The van der Waals surface area contributed by atoms with Gasteiger partial charge in [0.25, 0.3) is 5.91 Å². The first kappa shape index (κ1) is 17.7. The van der Waals surface area contributed by atoms with Gasteiger partial charge in [0.05, 0.1) is 0 Å². The van der Waals surface area contributed by atoms with Crippen LogP contribution in [0.1, 0.15) is 11.1 Å². The molecule has 1 fully saturated rings. The fraction of sp³-hybridized carbons (Fsp3) is 0.250. The van der Waals surface area contributed by atoms with Gasteiger partial charge in [-0.05, 0) is 23.3 Å². The Hall–Kier alpha value is -3.15. The Morgan fingerprint density at radius 3 is 2.38 bits per heavy atom. The van der Waals surface area contributed by atoms with E-state index in [9.17, 15) is 14.4 Å². The molecule has 3 rings (SSSR count). The van der Waals surface area contributed by atoms with Crippen LogP contribution < -0.4 is 10.1 Å². The molecule has 1 aliphatic rings. The monoisotopic (exact) mass is 352 g/mol. The summed E-state index contributed by atoms with van der Waals surface area (Å²) in [4.78, 5) is 36.6. The summed E-state index contributed by atoms with van der Waals surface area (Å²) in [5, 5.41) is 2.71. The molecule has 1 N–H and O–H groups in total. The molecule has 2 aromatic carbocycles. The van der Waals surface area contributed by atoms with Crippen molar-refractivity contribution in [3.63, 3.8) is 0 Å². The summed E-state index contributed by atoms with van der Waals surface area (Å²) >= 11 is 0. The quantitative estimate of drug-likeness (QED) is 0.632. The van der Waals surface area contributed by atoms with Gasteiger partial charge in [0, 0.05) is 20.1 Å². The van der Waals surface area contributed by atoms with Crippen molar-refractivity contribution in [3.05, 3.63) is 65.7 Å². The number of Topliss-reactive ketones (excluding diaryl/α,β-unsaturated/α-hetero) is 1. The maximum atomic E-state index is 12.1. The topological polar surface area (TPSA) is 75.7 Å². The molecule has 1 aliphatic heterocycles. The van der Waals surface area contributed by atoms with Crippen LogP contribution >= 0.6 is 0 Å². The van der Waals surface area contributed by atoms with Crippen LogP contribution in [0, 0.1) is 5.92 Å². The second-order valence-electron chi connectivity index (χ2n) is 6.24. The van der Waals surface area contributed by atoms with Crippen molar-refractivity contribution in [3.8, 4) is 5.75 Å². The van der Waals surface area contributed by atoms with Crippen molar-refractivity contribution in [2.45, 2.75) is 13.2 Å². The van der Waals surface area contributed by atoms with E-state index in [4.69, 9.17) is 4.74 Å². The fourth-order valence-electron chi connectivity index (χ4n) is 2.74. The molecule has 26 heavy (non-hydrogen) atoms. The molecule has 134 valence electrons. The molecule has 0 aliphatic carbocycles. The molecule has 1 unspecified atom stereocenters. The lowest BCUT2D eigenvalue weighted by molar-refractivity contribution is -0.142. The summed E-state index contributed by atoms with van der Waals surface area (Å²) in [5.74, 6) is -1.85. The van der Waals surface area contributed by atoms with Gasteiger partial charge in [-0.15, -0.1) is 0 Å². The maximum Gasteiger partial charge on any atom is 0.290 e. The van der Waals surface area contributed by atoms with Gasteiger partial charge in [-0.2, -0.15) is 0 Å². The third-order valence-corrected chi connectivity index (χ3v) is 4.29. The molecule has 0 spiro atoms. The van der Waals surface area contributed by atoms with Gasteiger partial charge in [0.2, 0.25) is 11.7 Å². The summed E-state index contributed by atoms with van der Waals surface area (Å²) in [6.07, 6.45) is 0. The number of ether oxygens (including phenoxy) is 1. The SMILES string of the molecule is CN1CC(C(=O)NCc2ccc(OCc3ccccc3)cc2)C(=O)C1=O. The number of hydrogen-bond donors (Lipinski definition) is 1. The molecule has 0 radical (unpaired) electrons. The summed E-state index contributed by atoms with van der Waals surface area (Å²) < 4.78 is 5.72. The smallest absolute Gasteiger partial charge is 0.290 e. The van der Waals surface area contributed by atoms with Crippen molar-refractivity contribution in [1.82, 2.24) is 10.2 Å². The van der Waals surface area contributed by atoms with Gasteiger partial charge in [-0.25, -0.2) is 0 Å². The van der Waals surface area contributed by atoms with Gasteiger partial charge in [0.1, 0.15) is 18.3 Å². The molecule has 0 saturated carbocycles. The Bertz CT molecular complexity index is 802. The van der Waals surface area contributed by atoms with Crippen LogP contribution in [0.25, 0.3) is 0 Å². The number of rotatable bonds is 6. The summed E-state index contributed by atoms with van der Waals surface area (Å²) in [6, 6.07) is 17.3. The highest BCUT2D eigenvalue weighted by Gasteiger charge is 2.41. The zero-order valence-electron chi connectivity index (χ0n) is 14.5. The predicted molar refractivity (Wildman–Crippen MR) is 95.2 cm³/mol. The van der Waals surface area contributed by atoms with Crippen LogP contribution in [-0.4, -0.2) is 36.1 Å². The first-order valence-electron chi connectivity index (χ1n) is 8.37. The van der Waals surface area contributed by atoms with Crippen LogP contribution in [0.2, 0.25) is 0 Å². The third-order valence-electron chi connectivity index (χ3n) is 4.29. The molecule has 1 saturated heterocycles. The van der Waals surface area contributed by atoms with Crippen molar-refractivity contribution in [1.29, 1.82) is 0 Å². The van der Waals surface area contributed by atoms with E-state index in [2.05, 4.69) is 5.32 Å². The van der Waals surface area contributed by atoms with E-state index in [0.29, 0.717) is 13.2 Å². The summed E-state index contributed by atoms with van der Waals surface area (Å²) in [7, 11) is 1.52. The highest BCUT2D eigenvalue weighted by molar-refractivity contribution is 6.42. The van der Waals surface area contributed by atoms with Crippen molar-refractivity contribution in [2.24, 2.45) is 5.92 Å². The highest BCUT2D eigenvalue weighted by Crippen LogP contribution is 2.15. The van der Waals surface area contributed by atoms with E-state index in [1.54, 1.807) is 0 Å². The van der Waals surface area contributed by atoms with E-state index < -0.39 is 23.5 Å². The number of carbonyl (C=O) groups is 3. The summed E-state index contributed by atoms with van der Waals surface area (Å²) in [6.45, 7) is 0.914. The molecule has 2 amide bonds. The van der Waals surface area contributed by atoms with Crippen molar-refractivity contribution in [2.75, 3.05) is 13.6 Å².